The summed E-state index contributed by atoms with van der Waals surface area (Å²) in [5, 5.41) is 6.00. The van der Waals surface area contributed by atoms with E-state index in [9.17, 15) is 14.0 Å². The second-order valence-electron chi connectivity index (χ2n) is 7.68. The van der Waals surface area contributed by atoms with Crippen LogP contribution < -0.4 is 20.3 Å². The molecule has 1 aliphatic rings. The Morgan fingerprint density at radius 3 is 2.72 bits per heavy atom. The third kappa shape index (κ3) is 5.06. The molecule has 6 nitrogen and oxygen atoms in total. The molecule has 1 heterocycles. The Morgan fingerprint density at radius 1 is 1.12 bits per heavy atom. The van der Waals surface area contributed by atoms with E-state index in [2.05, 4.69) is 10.6 Å². The van der Waals surface area contributed by atoms with Crippen molar-refractivity contribution in [3.05, 3.63) is 84.2 Å². The predicted molar refractivity (Wildman–Crippen MR) is 122 cm³/mol. The van der Waals surface area contributed by atoms with Gasteiger partial charge in [-0.15, -0.1) is 0 Å². The number of hydrogen-bond acceptors (Lipinski definition) is 4. The van der Waals surface area contributed by atoms with Gasteiger partial charge in [-0.3, -0.25) is 9.59 Å². The minimum atomic E-state index is -0.286. The lowest BCUT2D eigenvalue weighted by Crippen LogP contribution is -2.42. The average Bonchev–Trinajstić information content (AvgIpc) is 2.91. The average molecular weight is 433 g/mol. The van der Waals surface area contributed by atoms with Gasteiger partial charge in [0.05, 0.1) is 17.9 Å². The van der Waals surface area contributed by atoms with Gasteiger partial charge >= 0.3 is 0 Å². The van der Waals surface area contributed by atoms with E-state index in [1.807, 2.05) is 49.4 Å². The van der Waals surface area contributed by atoms with Crippen molar-refractivity contribution in [3.8, 4) is 5.75 Å². The Hall–Kier alpha value is -3.87. The van der Waals surface area contributed by atoms with Crippen LogP contribution in [0.1, 0.15) is 18.9 Å². The van der Waals surface area contributed by atoms with Crippen molar-refractivity contribution in [2.24, 2.45) is 0 Å². The molecule has 0 aromatic heterocycles. The van der Waals surface area contributed by atoms with E-state index in [-0.39, 0.29) is 36.6 Å². The molecule has 1 atom stereocenters. The molecule has 0 spiro atoms. The second kappa shape index (κ2) is 9.51. The fraction of sp³-hybridized carbons (Fsp3) is 0.200. The third-order valence-electron chi connectivity index (χ3n) is 5.22. The van der Waals surface area contributed by atoms with Crippen molar-refractivity contribution < 1.29 is 18.7 Å². The zero-order valence-corrected chi connectivity index (χ0v) is 17.7. The molecule has 4 rings (SSSR count). The van der Waals surface area contributed by atoms with Crippen LogP contribution in [0.25, 0.3) is 0 Å². The van der Waals surface area contributed by atoms with Crippen molar-refractivity contribution in [2.45, 2.75) is 26.0 Å². The van der Waals surface area contributed by atoms with Crippen molar-refractivity contribution in [1.29, 1.82) is 0 Å². The number of halogens is 1. The van der Waals surface area contributed by atoms with Crippen molar-refractivity contribution in [1.82, 2.24) is 0 Å². The van der Waals surface area contributed by atoms with Gasteiger partial charge in [0.1, 0.15) is 18.2 Å². The van der Waals surface area contributed by atoms with E-state index >= 15 is 0 Å². The summed E-state index contributed by atoms with van der Waals surface area (Å²) in [7, 11) is 0. The van der Waals surface area contributed by atoms with Gasteiger partial charge in [-0.1, -0.05) is 30.3 Å². The lowest BCUT2D eigenvalue weighted by molar-refractivity contribution is -0.118. The van der Waals surface area contributed by atoms with Crippen LogP contribution in [0.5, 0.6) is 5.75 Å². The quantitative estimate of drug-likeness (QED) is 0.597. The molecule has 2 amide bonds. The van der Waals surface area contributed by atoms with Gasteiger partial charge in [0.25, 0.3) is 0 Å². The standard InChI is InChI=1S/C25H24FN3O3/c1-17-13-24(30)28-22-7-2-3-8-23(22)29(17)25(31)15-27-20-5-4-6-21(14-20)32-16-18-9-11-19(26)12-10-18/h2-12,14,17,27H,13,15-16H2,1H3,(H,28,30)/t17-/m0/s1. The smallest absolute Gasteiger partial charge is 0.246 e. The van der Waals surface area contributed by atoms with E-state index in [1.165, 1.54) is 12.1 Å². The first-order valence-corrected chi connectivity index (χ1v) is 10.4. The number of nitrogens with zero attached hydrogens (tertiary/aromatic N) is 1. The predicted octanol–water partition coefficient (Wildman–Crippen LogP) is 4.58. The van der Waals surface area contributed by atoms with E-state index in [0.717, 1.165) is 11.3 Å². The van der Waals surface area contributed by atoms with Gasteiger partial charge in [-0.25, -0.2) is 4.39 Å². The van der Waals surface area contributed by atoms with E-state index in [4.69, 9.17) is 4.74 Å². The molecule has 0 saturated carbocycles. The molecule has 1 aliphatic heterocycles. The molecule has 7 heteroatoms. The Labute approximate surface area is 186 Å². The molecule has 0 aliphatic carbocycles. The molecule has 2 N–H and O–H groups in total. The summed E-state index contributed by atoms with van der Waals surface area (Å²) in [6.07, 6.45) is 0.229. The maximum atomic E-state index is 13.1. The van der Waals surface area contributed by atoms with Crippen LogP contribution in [0.15, 0.2) is 72.8 Å². The summed E-state index contributed by atoms with van der Waals surface area (Å²) in [5.41, 5.74) is 2.91. The zero-order chi connectivity index (χ0) is 22.5. The number of benzene rings is 3. The highest BCUT2D eigenvalue weighted by atomic mass is 19.1. The maximum Gasteiger partial charge on any atom is 0.246 e. The number of para-hydroxylation sites is 2. The van der Waals surface area contributed by atoms with Crippen molar-refractivity contribution >= 4 is 28.9 Å². The van der Waals surface area contributed by atoms with Gasteiger partial charge in [-0.05, 0) is 48.9 Å². The van der Waals surface area contributed by atoms with Crippen LogP contribution in [0, 0.1) is 5.82 Å². The first-order chi connectivity index (χ1) is 15.5. The summed E-state index contributed by atoms with van der Waals surface area (Å²) < 4.78 is 18.8. The number of carbonyl (C=O) groups is 2. The van der Waals surface area contributed by atoms with Crippen LogP contribution in [-0.2, 0) is 16.2 Å². The highest BCUT2D eigenvalue weighted by molar-refractivity contribution is 6.05. The largest absolute Gasteiger partial charge is 0.489 e. The first-order valence-electron chi connectivity index (χ1n) is 10.4. The Kier molecular flexibility index (Phi) is 6.35. The number of anilines is 3. The lowest BCUT2D eigenvalue weighted by atomic mass is 10.1. The highest BCUT2D eigenvalue weighted by Crippen LogP contribution is 2.31. The lowest BCUT2D eigenvalue weighted by Gasteiger charge is -2.28. The maximum absolute atomic E-state index is 13.1. The Bertz CT molecular complexity index is 1120. The molecule has 3 aromatic carbocycles. The SMILES string of the molecule is C[C@H]1CC(=O)Nc2ccccc2N1C(=O)CNc1cccc(OCc2ccc(F)cc2)c1. The Morgan fingerprint density at radius 2 is 1.91 bits per heavy atom. The van der Waals surface area contributed by atoms with Gasteiger partial charge in [0.15, 0.2) is 0 Å². The van der Waals surface area contributed by atoms with Gasteiger partial charge in [0.2, 0.25) is 11.8 Å². The summed E-state index contributed by atoms with van der Waals surface area (Å²) in [4.78, 5) is 26.9. The third-order valence-corrected chi connectivity index (χ3v) is 5.22. The minimum absolute atomic E-state index is 0.0638. The number of nitrogens with one attached hydrogen (secondary N) is 2. The van der Waals surface area contributed by atoms with Crippen LogP contribution in [0.2, 0.25) is 0 Å². The second-order valence-corrected chi connectivity index (χ2v) is 7.68. The molecular weight excluding hydrogens is 409 g/mol. The molecule has 3 aromatic rings. The molecule has 0 fully saturated rings. The van der Waals surface area contributed by atoms with E-state index in [1.54, 1.807) is 23.1 Å². The number of amides is 2. The molecule has 0 radical (unpaired) electrons. The van der Waals surface area contributed by atoms with Crippen LogP contribution >= 0.6 is 0 Å². The number of hydrogen-bond donors (Lipinski definition) is 2. The van der Waals surface area contributed by atoms with E-state index < -0.39 is 0 Å². The molecule has 0 unspecified atom stereocenters. The van der Waals surface area contributed by atoms with Crippen molar-refractivity contribution in [2.75, 3.05) is 22.1 Å². The normalized spacial score (nSPS) is 15.4. The summed E-state index contributed by atoms with van der Waals surface area (Å²) >= 11 is 0. The monoisotopic (exact) mass is 433 g/mol. The summed E-state index contributed by atoms with van der Waals surface area (Å²) in [6, 6.07) is 20.5. The summed E-state index contributed by atoms with van der Waals surface area (Å²) in [5.74, 6) is 0.0967. The van der Waals surface area contributed by atoms with E-state index in [0.29, 0.717) is 23.7 Å². The molecule has 164 valence electrons. The molecular formula is C25H24FN3O3. The number of fused-ring (bicyclic) bond motifs is 1. The van der Waals surface area contributed by atoms with Crippen LogP contribution in [0.4, 0.5) is 21.5 Å². The van der Waals surface area contributed by atoms with Crippen LogP contribution in [0.3, 0.4) is 0 Å². The first kappa shape index (κ1) is 21.4. The van der Waals surface area contributed by atoms with Gasteiger partial charge in [-0.2, -0.15) is 0 Å². The molecule has 32 heavy (non-hydrogen) atoms. The Balaban J connectivity index is 1.41. The highest BCUT2D eigenvalue weighted by Gasteiger charge is 2.29. The van der Waals surface area contributed by atoms with Gasteiger partial charge in [0, 0.05) is 24.2 Å². The zero-order valence-electron chi connectivity index (χ0n) is 17.7. The number of rotatable bonds is 6. The van der Waals surface area contributed by atoms with Crippen molar-refractivity contribution in [3.63, 3.8) is 0 Å². The number of ether oxygens (including phenoxy) is 1. The number of carbonyl (C=O) groups excluding carboxylic acids is 2. The molecule has 0 saturated heterocycles. The van der Waals surface area contributed by atoms with Gasteiger partial charge < -0.3 is 20.3 Å². The minimum Gasteiger partial charge on any atom is -0.489 e. The topological polar surface area (TPSA) is 70.7 Å². The summed E-state index contributed by atoms with van der Waals surface area (Å²) in [6.45, 7) is 2.24. The van der Waals surface area contributed by atoms with Crippen LogP contribution in [-0.4, -0.2) is 24.4 Å². The molecule has 0 bridgehead atoms. The fourth-order valence-corrected chi connectivity index (χ4v) is 3.67. The fourth-order valence-electron chi connectivity index (χ4n) is 3.67.